The van der Waals surface area contributed by atoms with Crippen molar-refractivity contribution in [2.45, 2.75) is 33.2 Å². The number of methoxy groups -OCH3 is 1. The fraction of sp³-hybridized carbons (Fsp3) is 0.462. The fourth-order valence-electron chi connectivity index (χ4n) is 4.66. The molecule has 0 spiro atoms. The molecule has 2 aliphatic rings. The van der Waals surface area contributed by atoms with E-state index in [0.717, 1.165) is 55.3 Å². The number of piperazine rings is 1. The second-order valence-electron chi connectivity index (χ2n) is 8.78. The summed E-state index contributed by atoms with van der Waals surface area (Å²) >= 11 is 0. The lowest BCUT2D eigenvalue weighted by Crippen LogP contribution is -2.49. The van der Waals surface area contributed by atoms with Crippen molar-refractivity contribution in [3.8, 4) is 5.75 Å². The van der Waals surface area contributed by atoms with Crippen LogP contribution in [0, 0.1) is 13.8 Å². The molecule has 0 N–H and O–H groups in total. The number of hydrazone groups is 1. The molecule has 1 saturated heterocycles. The lowest BCUT2D eigenvalue weighted by atomic mass is 9.94. The van der Waals surface area contributed by atoms with Crippen molar-refractivity contribution in [3.63, 3.8) is 0 Å². The lowest BCUT2D eigenvalue weighted by Gasteiger charge is -2.34. The standard InChI is InChI=1S/C26H34N4O2/c1-5-28-12-14-29(15-13-28)18-26(31)30-24(21-8-6-7-9-25(21)32-4)17-23(27-30)22-16-19(2)10-11-20(22)3/h6-11,16,24H,5,12-15,17-18H2,1-4H3/t24-/m1/s1. The van der Waals surface area contributed by atoms with Gasteiger partial charge in [-0.3, -0.25) is 9.69 Å². The number of amides is 1. The highest BCUT2D eigenvalue weighted by atomic mass is 16.5. The summed E-state index contributed by atoms with van der Waals surface area (Å²) in [5.74, 6) is 0.843. The number of benzene rings is 2. The molecule has 0 aliphatic carbocycles. The summed E-state index contributed by atoms with van der Waals surface area (Å²) in [6.45, 7) is 11.7. The predicted octanol–water partition coefficient (Wildman–Crippen LogP) is 3.63. The smallest absolute Gasteiger partial charge is 0.257 e. The van der Waals surface area contributed by atoms with Crippen LogP contribution in [-0.4, -0.2) is 72.8 Å². The van der Waals surface area contributed by atoms with Gasteiger partial charge in [0, 0.05) is 43.7 Å². The molecular weight excluding hydrogens is 400 g/mol. The van der Waals surface area contributed by atoms with Gasteiger partial charge in [-0.2, -0.15) is 5.10 Å². The minimum absolute atomic E-state index is 0.0474. The number of nitrogens with zero attached hydrogens (tertiary/aromatic N) is 4. The van der Waals surface area contributed by atoms with Gasteiger partial charge in [0.25, 0.3) is 5.91 Å². The Bertz CT molecular complexity index is 995. The monoisotopic (exact) mass is 434 g/mol. The van der Waals surface area contributed by atoms with Gasteiger partial charge in [-0.25, -0.2) is 5.01 Å². The topological polar surface area (TPSA) is 48.4 Å². The molecule has 0 unspecified atom stereocenters. The van der Waals surface area contributed by atoms with Crippen LogP contribution in [0.2, 0.25) is 0 Å². The summed E-state index contributed by atoms with van der Waals surface area (Å²) in [5, 5.41) is 6.61. The maximum atomic E-state index is 13.5. The van der Waals surface area contributed by atoms with Crippen molar-refractivity contribution >= 4 is 11.6 Å². The van der Waals surface area contributed by atoms with Crippen LogP contribution in [0.4, 0.5) is 0 Å². The van der Waals surface area contributed by atoms with Crippen LogP contribution in [0.15, 0.2) is 47.6 Å². The minimum Gasteiger partial charge on any atom is -0.496 e. The molecule has 32 heavy (non-hydrogen) atoms. The maximum absolute atomic E-state index is 13.5. The number of para-hydroxylation sites is 1. The van der Waals surface area contributed by atoms with Crippen molar-refractivity contribution in [3.05, 3.63) is 64.7 Å². The average Bonchev–Trinajstić information content (AvgIpc) is 3.26. The van der Waals surface area contributed by atoms with Gasteiger partial charge in [0.1, 0.15) is 5.75 Å². The third kappa shape index (κ3) is 4.71. The van der Waals surface area contributed by atoms with Gasteiger partial charge in [-0.05, 0) is 38.1 Å². The lowest BCUT2D eigenvalue weighted by molar-refractivity contribution is -0.134. The Balaban J connectivity index is 1.62. The van der Waals surface area contributed by atoms with E-state index in [9.17, 15) is 4.79 Å². The van der Waals surface area contributed by atoms with Gasteiger partial charge < -0.3 is 9.64 Å². The van der Waals surface area contributed by atoms with Crippen LogP contribution in [-0.2, 0) is 4.79 Å². The van der Waals surface area contributed by atoms with Crippen LogP contribution in [0.1, 0.15) is 41.6 Å². The number of likely N-dealkylation sites (N-methyl/N-ethyl adjacent to an activating group) is 1. The first-order valence-electron chi connectivity index (χ1n) is 11.5. The fourth-order valence-corrected chi connectivity index (χ4v) is 4.66. The van der Waals surface area contributed by atoms with Crippen molar-refractivity contribution < 1.29 is 9.53 Å². The van der Waals surface area contributed by atoms with Gasteiger partial charge in [0.15, 0.2) is 0 Å². The molecule has 2 aromatic rings. The maximum Gasteiger partial charge on any atom is 0.257 e. The molecule has 6 nitrogen and oxygen atoms in total. The van der Waals surface area contributed by atoms with Crippen LogP contribution in [0.25, 0.3) is 0 Å². The minimum atomic E-state index is -0.162. The number of hydrogen-bond donors (Lipinski definition) is 0. The number of carbonyl (C=O) groups is 1. The summed E-state index contributed by atoms with van der Waals surface area (Å²) in [5.41, 5.74) is 5.46. The van der Waals surface area contributed by atoms with E-state index < -0.39 is 0 Å². The van der Waals surface area contributed by atoms with E-state index in [1.807, 2.05) is 24.3 Å². The summed E-state index contributed by atoms with van der Waals surface area (Å²) in [6.07, 6.45) is 0.681. The van der Waals surface area contributed by atoms with E-state index in [1.165, 1.54) is 11.1 Å². The summed E-state index contributed by atoms with van der Waals surface area (Å²) in [4.78, 5) is 18.2. The van der Waals surface area contributed by atoms with Gasteiger partial charge in [0.2, 0.25) is 0 Å². The SMILES string of the molecule is CCN1CCN(CC(=O)N2N=C(c3cc(C)ccc3C)C[C@@H]2c2ccccc2OC)CC1. The summed E-state index contributed by atoms with van der Waals surface area (Å²) in [7, 11) is 1.68. The van der Waals surface area contributed by atoms with Crippen molar-refractivity contribution in [2.24, 2.45) is 5.10 Å². The van der Waals surface area contributed by atoms with E-state index in [-0.39, 0.29) is 11.9 Å². The number of hydrogen-bond acceptors (Lipinski definition) is 5. The molecule has 2 heterocycles. The Hall–Kier alpha value is -2.70. The highest BCUT2D eigenvalue weighted by Crippen LogP contribution is 2.38. The van der Waals surface area contributed by atoms with Crippen molar-refractivity contribution in [1.82, 2.24) is 14.8 Å². The van der Waals surface area contributed by atoms with Gasteiger partial charge in [-0.15, -0.1) is 0 Å². The predicted molar refractivity (Wildman–Crippen MR) is 128 cm³/mol. The number of rotatable bonds is 6. The molecule has 2 aromatic carbocycles. The zero-order valence-corrected chi connectivity index (χ0v) is 19.7. The molecular formula is C26H34N4O2. The zero-order chi connectivity index (χ0) is 22.7. The normalized spacial score (nSPS) is 19.8. The quantitative estimate of drug-likeness (QED) is 0.697. The first-order valence-corrected chi connectivity index (χ1v) is 11.5. The Morgan fingerprint density at radius 3 is 2.50 bits per heavy atom. The molecule has 2 aliphatic heterocycles. The van der Waals surface area contributed by atoms with Crippen molar-refractivity contribution in [1.29, 1.82) is 0 Å². The molecule has 1 amide bonds. The molecule has 6 heteroatoms. The first-order chi connectivity index (χ1) is 15.5. The third-order valence-corrected chi connectivity index (χ3v) is 6.64. The highest BCUT2D eigenvalue weighted by Gasteiger charge is 2.36. The second-order valence-corrected chi connectivity index (χ2v) is 8.78. The Morgan fingerprint density at radius 2 is 1.78 bits per heavy atom. The molecule has 4 rings (SSSR count). The Kier molecular flexibility index (Phi) is 6.92. The van der Waals surface area contributed by atoms with Gasteiger partial charge >= 0.3 is 0 Å². The van der Waals surface area contributed by atoms with Gasteiger partial charge in [0.05, 0.1) is 25.4 Å². The van der Waals surface area contributed by atoms with Crippen LogP contribution >= 0.6 is 0 Å². The van der Waals surface area contributed by atoms with E-state index in [1.54, 1.807) is 12.1 Å². The summed E-state index contributed by atoms with van der Waals surface area (Å²) < 4.78 is 5.64. The molecule has 1 atom stereocenters. The number of carbonyl (C=O) groups excluding carboxylic acids is 1. The summed E-state index contributed by atoms with van der Waals surface area (Å²) in [6, 6.07) is 14.2. The average molecular weight is 435 g/mol. The molecule has 0 aromatic heterocycles. The first kappa shape index (κ1) is 22.5. The number of aryl methyl sites for hydroxylation is 2. The van der Waals surface area contributed by atoms with E-state index in [4.69, 9.17) is 9.84 Å². The Labute approximate surface area is 191 Å². The van der Waals surface area contributed by atoms with Crippen LogP contribution in [0.3, 0.4) is 0 Å². The highest BCUT2D eigenvalue weighted by molar-refractivity contribution is 6.04. The molecule has 1 fully saturated rings. The second kappa shape index (κ2) is 9.84. The van der Waals surface area contributed by atoms with Crippen molar-refractivity contribution in [2.75, 3.05) is 46.4 Å². The van der Waals surface area contributed by atoms with Gasteiger partial charge in [-0.1, -0.05) is 42.8 Å². The third-order valence-electron chi connectivity index (χ3n) is 6.64. The molecule has 0 saturated carbocycles. The molecule has 170 valence electrons. The molecule has 0 bridgehead atoms. The van der Waals surface area contributed by atoms with Crippen LogP contribution < -0.4 is 4.74 Å². The number of ether oxygens (including phenoxy) is 1. The zero-order valence-electron chi connectivity index (χ0n) is 19.7. The van der Waals surface area contributed by atoms with E-state index >= 15 is 0 Å². The van der Waals surface area contributed by atoms with E-state index in [0.29, 0.717) is 13.0 Å². The molecule has 0 radical (unpaired) electrons. The van der Waals surface area contributed by atoms with Crippen LogP contribution in [0.5, 0.6) is 5.75 Å². The Morgan fingerprint density at radius 1 is 1.06 bits per heavy atom. The largest absolute Gasteiger partial charge is 0.496 e. The van der Waals surface area contributed by atoms with E-state index in [2.05, 4.69) is 48.8 Å².